The van der Waals surface area contributed by atoms with Crippen LogP contribution in [0.2, 0.25) is 0 Å². The number of rotatable bonds is 5. The van der Waals surface area contributed by atoms with Gasteiger partial charge in [-0.25, -0.2) is 9.78 Å². The number of carbonyl (C=O) groups excluding carboxylic acids is 1. The first-order chi connectivity index (χ1) is 10.6. The second-order valence-corrected chi connectivity index (χ2v) is 6.53. The average Bonchev–Trinajstić information content (AvgIpc) is 3.14. The zero-order chi connectivity index (χ0) is 15.6. The van der Waals surface area contributed by atoms with Crippen LogP contribution in [0.5, 0.6) is 0 Å². The second-order valence-electron chi connectivity index (χ2n) is 6.53. The molecule has 0 saturated heterocycles. The van der Waals surface area contributed by atoms with E-state index >= 15 is 0 Å². The summed E-state index contributed by atoms with van der Waals surface area (Å²) >= 11 is 0. The molecule has 0 bridgehead atoms. The molecule has 118 valence electrons. The molecule has 1 saturated carbocycles. The van der Waals surface area contributed by atoms with Gasteiger partial charge in [-0.15, -0.1) is 0 Å². The van der Waals surface area contributed by atoms with Crippen LogP contribution in [0.1, 0.15) is 48.5 Å². The lowest BCUT2D eigenvalue weighted by atomic mass is 9.89. The molecule has 5 nitrogen and oxygen atoms in total. The summed E-state index contributed by atoms with van der Waals surface area (Å²) in [5, 5.41) is 3.54. The van der Waals surface area contributed by atoms with Crippen LogP contribution in [0.3, 0.4) is 0 Å². The summed E-state index contributed by atoms with van der Waals surface area (Å²) in [6, 6.07) is 1.87. The number of ether oxygens (including phenoxy) is 1. The van der Waals surface area contributed by atoms with Crippen molar-refractivity contribution in [1.82, 2.24) is 14.7 Å². The Labute approximate surface area is 130 Å². The van der Waals surface area contributed by atoms with Crippen LogP contribution >= 0.6 is 0 Å². The molecule has 1 aliphatic carbocycles. The molecule has 1 aliphatic rings. The van der Waals surface area contributed by atoms with Gasteiger partial charge in [-0.3, -0.25) is 0 Å². The molecule has 3 rings (SSSR count). The van der Waals surface area contributed by atoms with Crippen LogP contribution in [0, 0.1) is 5.41 Å². The van der Waals surface area contributed by atoms with Crippen molar-refractivity contribution >= 4 is 11.6 Å². The number of nitrogens with one attached hydrogen (secondary N) is 1. The third kappa shape index (κ3) is 2.99. The van der Waals surface area contributed by atoms with E-state index in [1.54, 1.807) is 6.20 Å². The van der Waals surface area contributed by atoms with Gasteiger partial charge >= 0.3 is 5.97 Å². The molecular formula is C17H23N3O2. The summed E-state index contributed by atoms with van der Waals surface area (Å²) in [5.74, 6) is -0.346. The Morgan fingerprint density at radius 1 is 1.45 bits per heavy atom. The summed E-state index contributed by atoms with van der Waals surface area (Å²) in [4.78, 5) is 16.1. The summed E-state index contributed by atoms with van der Waals surface area (Å²) < 4.78 is 6.73. The van der Waals surface area contributed by atoms with E-state index in [0.29, 0.717) is 16.6 Å². The second kappa shape index (κ2) is 6.08. The predicted molar refractivity (Wildman–Crippen MR) is 84.8 cm³/mol. The fraction of sp³-hybridized carbons (Fsp3) is 0.529. The minimum absolute atomic E-state index is 0.346. The number of hydrogen-bond donors (Lipinski definition) is 1. The van der Waals surface area contributed by atoms with Gasteiger partial charge in [0.2, 0.25) is 0 Å². The normalized spacial score (nSPS) is 17.0. The number of fused-ring (bicyclic) bond motifs is 1. The molecular weight excluding hydrogens is 278 g/mol. The van der Waals surface area contributed by atoms with Gasteiger partial charge in [0, 0.05) is 31.7 Å². The van der Waals surface area contributed by atoms with E-state index in [4.69, 9.17) is 4.74 Å². The largest absolute Gasteiger partial charge is 0.465 e. The van der Waals surface area contributed by atoms with E-state index in [1.807, 2.05) is 22.9 Å². The van der Waals surface area contributed by atoms with Crippen molar-refractivity contribution in [3.8, 4) is 0 Å². The quantitative estimate of drug-likeness (QED) is 0.863. The highest BCUT2D eigenvalue weighted by atomic mass is 16.5. The number of imidazole rings is 1. The lowest BCUT2D eigenvalue weighted by molar-refractivity contribution is 0.0602. The Kier molecular flexibility index (Phi) is 4.16. The lowest BCUT2D eigenvalue weighted by Gasteiger charge is -2.23. The highest BCUT2D eigenvalue weighted by molar-refractivity contribution is 5.95. The van der Waals surface area contributed by atoms with Crippen LogP contribution in [0.25, 0.3) is 5.65 Å². The molecule has 2 heterocycles. The van der Waals surface area contributed by atoms with E-state index < -0.39 is 0 Å². The molecule has 1 N–H and O–H groups in total. The van der Waals surface area contributed by atoms with Gasteiger partial charge in [-0.2, -0.15) is 0 Å². The van der Waals surface area contributed by atoms with Crippen molar-refractivity contribution in [2.75, 3.05) is 13.7 Å². The van der Waals surface area contributed by atoms with E-state index in [2.05, 4.69) is 17.2 Å². The summed E-state index contributed by atoms with van der Waals surface area (Å²) in [7, 11) is 1.40. The van der Waals surface area contributed by atoms with Crippen molar-refractivity contribution < 1.29 is 9.53 Å². The fourth-order valence-electron chi connectivity index (χ4n) is 3.36. The highest BCUT2D eigenvalue weighted by Crippen LogP contribution is 2.36. The summed E-state index contributed by atoms with van der Waals surface area (Å²) in [6.07, 6.45) is 10.8. The Hall–Kier alpha value is -1.88. The van der Waals surface area contributed by atoms with Gasteiger partial charge in [0.25, 0.3) is 0 Å². The number of hydrogen-bond acceptors (Lipinski definition) is 4. The Morgan fingerprint density at radius 3 is 2.95 bits per heavy atom. The van der Waals surface area contributed by atoms with E-state index in [-0.39, 0.29) is 5.97 Å². The third-order valence-corrected chi connectivity index (χ3v) is 4.64. The maximum absolute atomic E-state index is 11.9. The molecule has 0 aromatic carbocycles. The average molecular weight is 301 g/mol. The van der Waals surface area contributed by atoms with E-state index in [9.17, 15) is 4.79 Å². The van der Waals surface area contributed by atoms with Crippen LogP contribution in [0.4, 0.5) is 0 Å². The van der Waals surface area contributed by atoms with Crippen molar-refractivity contribution in [2.45, 2.75) is 39.2 Å². The summed E-state index contributed by atoms with van der Waals surface area (Å²) in [5.41, 5.74) is 2.63. The summed E-state index contributed by atoms with van der Waals surface area (Å²) in [6.45, 7) is 4.11. The molecule has 0 unspecified atom stereocenters. The molecule has 0 atom stereocenters. The van der Waals surface area contributed by atoms with Crippen molar-refractivity contribution in [2.24, 2.45) is 5.41 Å². The van der Waals surface area contributed by atoms with Crippen molar-refractivity contribution in [3.05, 3.63) is 35.8 Å². The van der Waals surface area contributed by atoms with Crippen LogP contribution in [0.15, 0.2) is 24.7 Å². The predicted octanol–water partition coefficient (Wildman–Crippen LogP) is 2.79. The van der Waals surface area contributed by atoms with Crippen LogP contribution in [-0.2, 0) is 11.3 Å². The molecule has 1 fully saturated rings. The Balaban J connectivity index is 1.74. The maximum Gasteiger partial charge on any atom is 0.341 e. The van der Waals surface area contributed by atoms with Crippen LogP contribution in [-0.4, -0.2) is 29.0 Å². The van der Waals surface area contributed by atoms with Gasteiger partial charge in [-0.05, 0) is 29.9 Å². The van der Waals surface area contributed by atoms with E-state index in [1.165, 1.54) is 32.8 Å². The van der Waals surface area contributed by atoms with E-state index in [0.717, 1.165) is 18.7 Å². The monoisotopic (exact) mass is 301 g/mol. The molecule has 2 aromatic heterocycles. The first-order valence-corrected chi connectivity index (χ1v) is 7.86. The number of carbonyl (C=O) groups is 1. The molecule has 0 amide bonds. The molecule has 22 heavy (non-hydrogen) atoms. The lowest BCUT2D eigenvalue weighted by Crippen LogP contribution is -2.29. The SMILES string of the molecule is COC(=O)c1cc(CNCC2(C)CCCC2)cn2ccnc12. The highest BCUT2D eigenvalue weighted by Gasteiger charge is 2.27. The van der Waals surface area contributed by atoms with Gasteiger partial charge in [0.1, 0.15) is 5.56 Å². The Morgan fingerprint density at radius 2 is 2.23 bits per heavy atom. The topological polar surface area (TPSA) is 55.6 Å². The van der Waals surface area contributed by atoms with Crippen molar-refractivity contribution in [3.63, 3.8) is 0 Å². The van der Waals surface area contributed by atoms with Gasteiger partial charge in [0.15, 0.2) is 5.65 Å². The maximum atomic E-state index is 11.9. The molecule has 0 aliphatic heterocycles. The third-order valence-electron chi connectivity index (χ3n) is 4.64. The van der Waals surface area contributed by atoms with Gasteiger partial charge in [-0.1, -0.05) is 19.8 Å². The van der Waals surface area contributed by atoms with Gasteiger partial charge < -0.3 is 14.5 Å². The number of methoxy groups -OCH3 is 1. The minimum Gasteiger partial charge on any atom is -0.465 e. The smallest absolute Gasteiger partial charge is 0.341 e. The molecule has 2 aromatic rings. The number of pyridine rings is 1. The molecule has 0 radical (unpaired) electrons. The number of esters is 1. The van der Waals surface area contributed by atoms with Gasteiger partial charge in [0.05, 0.1) is 7.11 Å². The first kappa shape index (κ1) is 15.0. The minimum atomic E-state index is -0.346. The molecule has 0 spiro atoms. The van der Waals surface area contributed by atoms with Crippen LogP contribution < -0.4 is 5.32 Å². The number of aromatic nitrogens is 2. The molecule has 5 heteroatoms. The fourth-order valence-corrected chi connectivity index (χ4v) is 3.36. The zero-order valence-corrected chi connectivity index (χ0v) is 13.3. The number of nitrogens with zero attached hydrogens (tertiary/aromatic N) is 2. The standard InChI is InChI=1S/C17H23N3O2/c1-17(5-3-4-6-17)12-18-10-13-9-14(16(21)22-2)15-19-7-8-20(15)11-13/h7-9,11,18H,3-6,10,12H2,1-2H3. The Bertz CT molecular complexity index is 672. The first-order valence-electron chi connectivity index (χ1n) is 7.86. The zero-order valence-electron chi connectivity index (χ0n) is 13.3. The van der Waals surface area contributed by atoms with Crippen molar-refractivity contribution in [1.29, 1.82) is 0 Å².